The zero-order valence-electron chi connectivity index (χ0n) is 16.2. The van der Waals surface area contributed by atoms with E-state index in [1.54, 1.807) is 11.9 Å². The van der Waals surface area contributed by atoms with Crippen LogP contribution in [0, 0.1) is 13.8 Å². The van der Waals surface area contributed by atoms with Crippen LogP contribution in [-0.4, -0.2) is 44.0 Å². The minimum absolute atomic E-state index is 0.0282. The number of hydrogen-bond donors (Lipinski definition) is 2. The quantitative estimate of drug-likeness (QED) is 0.703. The second-order valence-corrected chi connectivity index (χ2v) is 6.96. The van der Waals surface area contributed by atoms with E-state index >= 15 is 0 Å². The van der Waals surface area contributed by atoms with Gasteiger partial charge in [0.2, 0.25) is 0 Å². The van der Waals surface area contributed by atoms with Crippen molar-refractivity contribution in [2.45, 2.75) is 39.9 Å². The van der Waals surface area contributed by atoms with Crippen molar-refractivity contribution in [3.8, 4) is 11.3 Å². The highest BCUT2D eigenvalue weighted by atomic mass is 16.2. The van der Waals surface area contributed by atoms with Crippen LogP contribution in [0.25, 0.3) is 11.3 Å². The Labute approximate surface area is 159 Å². The summed E-state index contributed by atoms with van der Waals surface area (Å²) in [5, 5.41) is 14.8. The summed E-state index contributed by atoms with van der Waals surface area (Å²) >= 11 is 0. The second-order valence-electron chi connectivity index (χ2n) is 6.96. The number of nitrogens with zero attached hydrogens (tertiary/aromatic N) is 4. The molecule has 2 N–H and O–H groups in total. The predicted molar refractivity (Wildman–Crippen MR) is 105 cm³/mol. The standard InChI is InChI=1S/C20H26N6O/c1-14-10-16(3)26(24-14)12-15(2)21-20(27)25(4)13-18-11-19(23-22-18)17-8-6-5-7-9-17/h5-11,15H,12-13H2,1-4H3,(H,21,27)(H,22,23)/t15-/m1/s1. The Morgan fingerprint density at radius 3 is 2.67 bits per heavy atom. The van der Waals surface area contributed by atoms with Gasteiger partial charge in [0, 0.05) is 24.3 Å². The van der Waals surface area contributed by atoms with Crippen molar-refractivity contribution in [2.24, 2.45) is 0 Å². The number of urea groups is 1. The fourth-order valence-corrected chi connectivity index (χ4v) is 3.01. The first-order valence-electron chi connectivity index (χ1n) is 9.05. The molecule has 0 unspecified atom stereocenters. The predicted octanol–water partition coefficient (Wildman–Crippen LogP) is 3.12. The van der Waals surface area contributed by atoms with Gasteiger partial charge in [0.05, 0.1) is 30.2 Å². The normalized spacial score (nSPS) is 12.0. The topological polar surface area (TPSA) is 78.8 Å². The van der Waals surface area contributed by atoms with E-state index in [0.29, 0.717) is 13.1 Å². The molecule has 0 bridgehead atoms. The van der Waals surface area contributed by atoms with Crippen molar-refractivity contribution >= 4 is 6.03 Å². The van der Waals surface area contributed by atoms with Gasteiger partial charge in [-0.05, 0) is 32.9 Å². The summed E-state index contributed by atoms with van der Waals surface area (Å²) in [6.45, 7) is 7.06. The van der Waals surface area contributed by atoms with Crippen LogP contribution in [0.1, 0.15) is 24.0 Å². The molecule has 0 aliphatic carbocycles. The van der Waals surface area contributed by atoms with Crippen LogP contribution in [0.2, 0.25) is 0 Å². The summed E-state index contributed by atoms with van der Waals surface area (Å²) in [6, 6.07) is 13.8. The van der Waals surface area contributed by atoms with Gasteiger partial charge in [-0.2, -0.15) is 10.2 Å². The monoisotopic (exact) mass is 366 g/mol. The summed E-state index contributed by atoms with van der Waals surface area (Å²) in [4.78, 5) is 14.1. The maximum Gasteiger partial charge on any atom is 0.317 e. The maximum absolute atomic E-state index is 12.5. The number of H-pyrrole nitrogens is 1. The van der Waals surface area contributed by atoms with Gasteiger partial charge in [0.25, 0.3) is 0 Å². The molecule has 1 aromatic carbocycles. The van der Waals surface area contributed by atoms with Crippen LogP contribution in [0.5, 0.6) is 0 Å². The van der Waals surface area contributed by atoms with Crippen LogP contribution >= 0.6 is 0 Å². The van der Waals surface area contributed by atoms with Gasteiger partial charge in [0.1, 0.15) is 0 Å². The minimum atomic E-state index is -0.125. The zero-order chi connectivity index (χ0) is 19.4. The Hall–Kier alpha value is -3.09. The van der Waals surface area contributed by atoms with E-state index in [9.17, 15) is 4.79 Å². The van der Waals surface area contributed by atoms with E-state index in [0.717, 1.165) is 28.3 Å². The fourth-order valence-electron chi connectivity index (χ4n) is 3.01. The number of nitrogens with one attached hydrogen (secondary N) is 2. The molecular formula is C20H26N6O. The molecule has 0 saturated carbocycles. The third-order valence-electron chi connectivity index (χ3n) is 4.37. The Morgan fingerprint density at radius 2 is 2.00 bits per heavy atom. The Kier molecular flexibility index (Phi) is 5.59. The van der Waals surface area contributed by atoms with Crippen molar-refractivity contribution in [3.63, 3.8) is 0 Å². The molecule has 142 valence electrons. The van der Waals surface area contributed by atoms with Gasteiger partial charge >= 0.3 is 6.03 Å². The second kappa shape index (κ2) is 8.07. The molecule has 0 saturated heterocycles. The van der Waals surface area contributed by atoms with Gasteiger partial charge in [-0.25, -0.2) is 4.79 Å². The van der Waals surface area contributed by atoms with Gasteiger partial charge < -0.3 is 10.2 Å². The molecular weight excluding hydrogens is 340 g/mol. The first kappa shape index (κ1) is 18.7. The average Bonchev–Trinajstić information content (AvgIpc) is 3.22. The van der Waals surface area contributed by atoms with E-state index in [1.807, 2.05) is 67.9 Å². The summed E-state index contributed by atoms with van der Waals surface area (Å²) in [5.41, 5.74) is 4.88. The molecule has 0 aliphatic heterocycles. The van der Waals surface area contributed by atoms with Crippen LogP contribution in [-0.2, 0) is 13.1 Å². The average molecular weight is 366 g/mol. The molecule has 27 heavy (non-hydrogen) atoms. The van der Waals surface area contributed by atoms with Crippen molar-refractivity contribution < 1.29 is 4.79 Å². The Balaban J connectivity index is 1.54. The van der Waals surface area contributed by atoms with Crippen LogP contribution in [0.4, 0.5) is 4.79 Å². The Bertz CT molecular complexity index is 898. The molecule has 0 radical (unpaired) electrons. The number of hydrogen-bond acceptors (Lipinski definition) is 3. The number of benzene rings is 1. The van der Waals surface area contributed by atoms with Crippen LogP contribution in [0.15, 0.2) is 42.5 Å². The fraction of sp³-hybridized carbons (Fsp3) is 0.350. The molecule has 7 nitrogen and oxygen atoms in total. The molecule has 0 aliphatic rings. The SMILES string of the molecule is Cc1cc(C)n(C[C@@H](C)NC(=O)N(C)Cc2cc(-c3ccccc3)n[nH]2)n1. The number of aromatic nitrogens is 4. The van der Waals surface area contributed by atoms with Crippen LogP contribution in [0.3, 0.4) is 0 Å². The molecule has 1 atom stereocenters. The highest BCUT2D eigenvalue weighted by Crippen LogP contribution is 2.17. The first-order valence-corrected chi connectivity index (χ1v) is 9.05. The number of amides is 2. The van der Waals surface area contributed by atoms with Crippen molar-refractivity contribution in [1.82, 2.24) is 30.2 Å². The van der Waals surface area contributed by atoms with E-state index in [4.69, 9.17) is 0 Å². The lowest BCUT2D eigenvalue weighted by Crippen LogP contribution is -2.43. The molecule has 0 spiro atoms. The number of aryl methyl sites for hydroxylation is 2. The summed E-state index contributed by atoms with van der Waals surface area (Å²) < 4.78 is 1.92. The maximum atomic E-state index is 12.5. The molecule has 3 aromatic rings. The molecule has 0 fully saturated rings. The summed E-state index contributed by atoms with van der Waals surface area (Å²) in [5.74, 6) is 0. The molecule has 7 heteroatoms. The van der Waals surface area contributed by atoms with E-state index in [1.165, 1.54) is 0 Å². The van der Waals surface area contributed by atoms with Crippen molar-refractivity contribution in [1.29, 1.82) is 0 Å². The van der Waals surface area contributed by atoms with Crippen molar-refractivity contribution in [3.05, 3.63) is 59.5 Å². The third kappa shape index (κ3) is 4.75. The highest BCUT2D eigenvalue weighted by molar-refractivity contribution is 5.74. The molecule has 2 aromatic heterocycles. The first-order chi connectivity index (χ1) is 12.9. The molecule has 3 rings (SSSR count). The van der Waals surface area contributed by atoms with E-state index < -0.39 is 0 Å². The van der Waals surface area contributed by atoms with Gasteiger partial charge in [-0.3, -0.25) is 9.78 Å². The largest absolute Gasteiger partial charge is 0.334 e. The smallest absolute Gasteiger partial charge is 0.317 e. The molecule has 2 heterocycles. The lowest BCUT2D eigenvalue weighted by atomic mass is 10.1. The van der Waals surface area contributed by atoms with Crippen LogP contribution < -0.4 is 5.32 Å². The third-order valence-corrected chi connectivity index (χ3v) is 4.37. The molecule has 2 amide bonds. The summed E-state index contributed by atoms with van der Waals surface area (Å²) in [6.07, 6.45) is 0. The van der Waals surface area contributed by atoms with E-state index in [2.05, 4.69) is 20.6 Å². The van der Waals surface area contributed by atoms with Gasteiger partial charge in [-0.1, -0.05) is 30.3 Å². The van der Waals surface area contributed by atoms with Gasteiger partial charge in [0.15, 0.2) is 0 Å². The number of aromatic amines is 1. The number of carbonyl (C=O) groups is 1. The highest BCUT2D eigenvalue weighted by Gasteiger charge is 2.15. The van der Waals surface area contributed by atoms with E-state index in [-0.39, 0.29) is 12.1 Å². The Morgan fingerprint density at radius 1 is 1.26 bits per heavy atom. The number of carbonyl (C=O) groups excluding carboxylic acids is 1. The van der Waals surface area contributed by atoms with Crippen molar-refractivity contribution in [2.75, 3.05) is 7.05 Å². The minimum Gasteiger partial charge on any atom is -0.334 e. The lowest BCUT2D eigenvalue weighted by Gasteiger charge is -2.21. The van der Waals surface area contributed by atoms with Gasteiger partial charge in [-0.15, -0.1) is 0 Å². The lowest BCUT2D eigenvalue weighted by molar-refractivity contribution is 0.201. The number of rotatable bonds is 6. The summed E-state index contributed by atoms with van der Waals surface area (Å²) in [7, 11) is 1.77. The zero-order valence-corrected chi connectivity index (χ0v) is 16.2.